The van der Waals surface area contributed by atoms with E-state index in [1.165, 1.54) is 6.42 Å². The van der Waals surface area contributed by atoms with Crippen LogP contribution in [-0.2, 0) is 4.74 Å². The van der Waals surface area contributed by atoms with Gasteiger partial charge in [0.1, 0.15) is 5.65 Å². The number of carbonyl (C=O) groups excluding carboxylic acids is 1. The average molecular weight is 372 g/mol. The van der Waals surface area contributed by atoms with Gasteiger partial charge in [-0.15, -0.1) is 0 Å². The maximum absolute atomic E-state index is 12.9. The third-order valence-corrected chi connectivity index (χ3v) is 5.79. The molecule has 0 radical (unpaired) electrons. The minimum atomic E-state index is -0.0137. The van der Waals surface area contributed by atoms with Crippen molar-refractivity contribution in [3.05, 3.63) is 35.3 Å². The molecule has 3 rings (SSSR count). The van der Waals surface area contributed by atoms with Crippen molar-refractivity contribution in [2.75, 3.05) is 6.61 Å². The molecule has 5 heteroatoms. The lowest BCUT2D eigenvalue weighted by Gasteiger charge is -2.36. The molecule has 2 aromatic heterocycles. The fourth-order valence-corrected chi connectivity index (χ4v) is 4.23. The molecular weight excluding hydrogens is 338 g/mol. The van der Waals surface area contributed by atoms with Crippen LogP contribution in [0.3, 0.4) is 0 Å². The quantitative estimate of drug-likeness (QED) is 0.732. The van der Waals surface area contributed by atoms with Gasteiger partial charge < -0.3 is 14.5 Å². The van der Waals surface area contributed by atoms with E-state index in [-0.39, 0.29) is 11.9 Å². The van der Waals surface area contributed by atoms with Crippen LogP contribution >= 0.6 is 0 Å². The lowest BCUT2D eigenvalue weighted by molar-refractivity contribution is -0.0194. The van der Waals surface area contributed by atoms with Crippen LogP contribution in [0.1, 0.15) is 74.1 Å². The highest BCUT2D eigenvalue weighted by molar-refractivity contribution is 6.00. The van der Waals surface area contributed by atoms with Crippen LogP contribution in [0, 0.1) is 19.8 Å². The zero-order chi connectivity index (χ0) is 19.4. The highest BCUT2D eigenvalue weighted by Crippen LogP contribution is 2.30. The summed E-state index contributed by atoms with van der Waals surface area (Å²) in [6.07, 6.45) is 8.67. The van der Waals surface area contributed by atoms with Crippen molar-refractivity contribution in [2.24, 2.45) is 5.92 Å². The molecule has 0 aliphatic heterocycles. The molecule has 1 aliphatic carbocycles. The van der Waals surface area contributed by atoms with Gasteiger partial charge in [0, 0.05) is 30.2 Å². The number of unbranched alkanes of at least 4 members (excludes halogenated alkanes) is 1. The number of hydrogen-bond donors (Lipinski definition) is 1. The number of fused-ring (bicyclic) bond motifs is 1. The zero-order valence-corrected chi connectivity index (χ0v) is 17.1. The molecule has 2 aromatic rings. The van der Waals surface area contributed by atoms with E-state index < -0.39 is 0 Å². The fraction of sp³-hybridized carbons (Fsp3) is 0.636. The van der Waals surface area contributed by atoms with Gasteiger partial charge >= 0.3 is 0 Å². The summed E-state index contributed by atoms with van der Waals surface area (Å²) in [5.41, 5.74) is 3.43. The molecule has 3 atom stereocenters. The average Bonchev–Trinajstić information content (AvgIpc) is 3.07. The van der Waals surface area contributed by atoms with Crippen molar-refractivity contribution in [2.45, 2.75) is 78.4 Å². The van der Waals surface area contributed by atoms with E-state index in [1.807, 2.05) is 36.6 Å². The summed E-state index contributed by atoms with van der Waals surface area (Å²) in [5.74, 6) is 0.509. The van der Waals surface area contributed by atoms with Crippen molar-refractivity contribution < 1.29 is 9.53 Å². The highest BCUT2D eigenvalue weighted by atomic mass is 16.5. The van der Waals surface area contributed by atoms with E-state index in [9.17, 15) is 4.79 Å². The molecule has 0 bridgehead atoms. The summed E-state index contributed by atoms with van der Waals surface area (Å²) in [5, 5.41) is 3.26. The number of amides is 1. The summed E-state index contributed by atoms with van der Waals surface area (Å²) >= 11 is 0. The Morgan fingerprint density at radius 1 is 1.33 bits per heavy atom. The lowest BCUT2D eigenvalue weighted by Crippen LogP contribution is -2.43. The van der Waals surface area contributed by atoms with E-state index >= 15 is 0 Å². The number of carbonyl (C=O) groups is 1. The van der Waals surface area contributed by atoms with Gasteiger partial charge in [0.05, 0.1) is 11.7 Å². The number of hydrogen-bond acceptors (Lipinski definition) is 3. The predicted octanol–water partition coefficient (Wildman–Crippen LogP) is 4.44. The molecule has 148 valence electrons. The Labute approximate surface area is 162 Å². The third-order valence-electron chi connectivity index (χ3n) is 5.79. The van der Waals surface area contributed by atoms with Gasteiger partial charge in [0.2, 0.25) is 0 Å². The number of nitrogens with one attached hydrogen (secondary N) is 1. The van der Waals surface area contributed by atoms with Gasteiger partial charge in [-0.3, -0.25) is 4.79 Å². The fourth-order valence-electron chi connectivity index (χ4n) is 4.23. The Balaban J connectivity index is 1.65. The van der Waals surface area contributed by atoms with Crippen LogP contribution in [-0.4, -0.2) is 34.0 Å². The molecule has 2 heterocycles. The Kier molecular flexibility index (Phi) is 6.53. The van der Waals surface area contributed by atoms with Gasteiger partial charge in [-0.25, -0.2) is 4.98 Å². The van der Waals surface area contributed by atoms with E-state index in [2.05, 4.69) is 24.1 Å². The Bertz CT molecular complexity index is 783. The first-order chi connectivity index (χ1) is 13.0. The molecule has 0 aromatic carbocycles. The summed E-state index contributed by atoms with van der Waals surface area (Å²) < 4.78 is 8.09. The maximum atomic E-state index is 12.9. The molecule has 0 saturated heterocycles. The minimum absolute atomic E-state index is 0.0137. The number of ether oxygens (including phenoxy) is 1. The second kappa shape index (κ2) is 8.87. The van der Waals surface area contributed by atoms with Crippen molar-refractivity contribution in [1.29, 1.82) is 0 Å². The predicted molar refractivity (Wildman–Crippen MR) is 108 cm³/mol. The summed E-state index contributed by atoms with van der Waals surface area (Å²) in [6.45, 7) is 9.27. The monoisotopic (exact) mass is 371 g/mol. The zero-order valence-electron chi connectivity index (χ0n) is 17.1. The van der Waals surface area contributed by atoms with Gasteiger partial charge in [0.15, 0.2) is 0 Å². The normalized spacial score (nSPS) is 22.9. The van der Waals surface area contributed by atoms with Gasteiger partial charge in [-0.05, 0) is 57.6 Å². The topological polar surface area (TPSA) is 55.6 Å². The molecule has 27 heavy (non-hydrogen) atoms. The van der Waals surface area contributed by atoms with Gasteiger partial charge in [-0.1, -0.05) is 26.7 Å². The van der Waals surface area contributed by atoms with Crippen LogP contribution in [0.4, 0.5) is 0 Å². The Morgan fingerprint density at radius 2 is 2.15 bits per heavy atom. The molecule has 1 amide bonds. The number of aromatic nitrogens is 2. The van der Waals surface area contributed by atoms with E-state index in [4.69, 9.17) is 4.74 Å². The van der Waals surface area contributed by atoms with Crippen LogP contribution in [0.25, 0.3) is 5.65 Å². The molecule has 1 saturated carbocycles. The van der Waals surface area contributed by atoms with Gasteiger partial charge in [-0.2, -0.15) is 0 Å². The highest BCUT2D eigenvalue weighted by Gasteiger charge is 2.31. The van der Waals surface area contributed by atoms with Gasteiger partial charge in [0.25, 0.3) is 5.91 Å². The maximum Gasteiger partial charge on any atom is 0.255 e. The summed E-state index contributed by atoms with van der Waals surface area (Å²) in [4.78, 5) is 17.5. The smallest absolute Gasteiger partial charge is 0.255 e. The standard InChI is InChI=1S/C22H33N3O2/c1-5-7-12-27-20-9-8-18(14-17(20)6-2)24-22(26)19-10-11-25-16(4)13-15(3)23-21(19)25/h10-11,13,17-18,20H,5-9,12,14H2,1-4H3,(H,24,26)/t17-,18+,20+/m0/s1. The molecule has 1 fully saturated rings. The van der Waals surface area contributed by atoms with Crippen LogP contribution in [0.2, 0.25) is 0 Å². The van der Waals surface area contributed by atoms with E-state index in [1.54, 1.807) is 0 Å². The first-order valence-electron chi connectivity index (χ1n) is 10.4. The van der Waals surface area contributed by atoms with Crippen LogP contribution < -0.4 is 5.32 Å². The summed E-state index contributed by atoms with van der Waals surface area (Å²) in [6, 6.07) is 4.12. The van der Waals surface area contributed by atoms with E-state index in [0.29, 0.717) is 17.6 Å². The van der Waals surface area contributed by atoms with Crippen LogP contribution in [0.15, 0.2) is 18.3 Å². The van der Waals surface area contributed by atoms with Crippen molar-refractivity contribution >= 4 is 11.6 Å². The number of nitrogens with zero attached hydrogens (tertiary/aromatic N) is 2. The van der Waals surface area contributed by atoms with Crippen LogP contribution in [0.5, 0.6) is 0 Å². The molecule has 0 unspecified atom stereocenters. The molecule has 5 nitrogen and oxygen atoms in total. The van der Waals surface area contributed by atoms with Crippen molar-refractivity contribution in [3.8, 4) is 0 Å². The third kappa shape index (κ3) is 4.52. The largest absolute Gasteiger partial charge is 0.378 e. The summed E-state index contributed by atoms with van der Waals surface area (Å²) in [7, 11) is 0. The Morgan fingerprint density at radius 3 is 2.89 bits per heavy atom. The number of rotatable bonds is 7. The molecule has 1 aliphatic rings. The first-order valence-corrected chi connectivity index (χ1v) is 10.4. The lowest BCUT2D eigenvalue weighted by atomic mass is 9.81. The number of aryl methyl sites for hydroxylation is 2. The Hall–Kier alpha value is -1.88. The minimum Gasteiger partial charge on any atom is -0.378 e. The second-order valence-electron chi connectivity index (χ2n) is 7.88. The molecule has 1 N–H and O–H groups in total. The molecular formula is C22H33N3O2. The second-order valence-corrected chi connectivity index (χ2v) is 7.88. The van der Waals surface area contributed by atoms with Crippen molar-refractivity contribution in [3.63, 3.8) is 0 Å². The molecule has 0 spiro atoms. The van der Waals surface area contributed by atoms with E-state index in [0.717, 1.165) is 55.7 Å². The first kappa shape index (κ1) is 19.9. The SMILES string of the molecule is CCCCO[C@@H]1CC[C@@H](NC(=O)c2ccn3c(C)cc(C)nc23)C[C@@H]1CC. The van der Waals surface area contributed by atoms with Crippen molar-refractivity contribution in [1.82, 2.24) is 14.7 Å².